The van der Waals surface area contributed by atoms with Crippen LogP contribution in [0.3, 0.4) is 0 Å². The van der Waals surface area contributed by atoms with E-state index in [2.05, 4.69) is 48.1 Å². The summed E-state index contributed by atoms with van der Waals surface area (Å²) in [7, 11) is 5.27. The quantitative estimate of drug-likeness (QED) is 0.697. The van der Waals surface area contributed by atoms with Crippen molar-refractivity contribution in [2.45, 2.75) is 19.8 Å². The number of nitrogens with one attached hydrogen (secondary N) is 1. The molecule has 1 aromatic heterocycles. The van der Waals surface area contributed by atoms with Crippen LogP contribution in [0, 0.1) is 6.92 Å². The molecule has 1 amide bonds. The molecule has 3 aromatic rings. The Bertz CT molecular complexity index is 960. The highest BCUT2D eigenvalue weighted by molar-refractivity contribution is 5.85. The maximum atomic E-state index is 12.3. The lowest BCUT2D eigenvalue weighted by molar-refractivity contribution is -0.120. The standard InChI is InChI=1S/C22H26N2O3/c1-15-17(18-7-5-6-8-19(18)24(15)2)11-12-23-22(25)14-16-9-10-20(26-3)21(13-16)27-4/h5-10,13H,11-12,14H2,1-4H3,(H,23,25). The Morgan fingerprint density at radius 1 is 1.07 bits per heavy atom. The van der Waals surface area contributed by atoms with E-state index in [0.717, 1.165) is 12.0 Å². The molecule has 0 saturated heterocycles. The summed E-state index contributed by atoms with van der Waals surface area (Å²) in [6.45, 7) is 2.74. The first kappa shape index (κ1) is 18.8. The van der Waals surface area contributed by atoms with E-state index in [-0.39, 0.29) is 5.91 Å². The third kappa shape index (κ3) is 3.92. The van der Waals surface area contributed by atoms with Crippen molar-refractivity contribution in [2.75, 3.05) is 20.8 Å². The molecule has 5 heteroatoms. The van der Waals surface area contributed by atoms with Crippen LogP contribution in [0.2, 0.25) is 0 Å². The van der Waals surface area contributed by atoms with Crippen LogP contribution < -0.4 is 14.8 Å². The van der Waals surface area contributed by atoms with E-state index in [1.54, 1.807) is 14.2 Å². The third-order valence-corrected chi connectivity index (χ3v) is 5.04. The predicted molar refractivity (Wildman–Crippen MR) is 108 cm³/mol. The lowest BCUT2D eigenvalue weighted by atomic mass is 10.1. The highest BCUT2D eigenvalue weighted by atomic mass is 16.5. The molecule has 0 spiro atoms. The monoisotopic (exact) mass is 366 g/mol. The number of carbonyl (C=O) groups excluding carboxylic acids is 1. The Morgan fingerprint density at radius 3 is 2.56 bits per heavy atom. The SMILES string of the molecule is COc1ccc(CC(=O)NCCc2c(C)n(C)c3ccccc23)cc1OC. The van der Waals surface area contributed by atoms with Crippen molar-refractivity contribution in [2.24, 2.45) is 7.05 Å². The number of aromatic nitrogens is 1. The van der Waals surface area contributed by atoms with Crippen molar-refractivity contribution >= 4 is 16.8 Å². The number of methoxy groups -OCH3 is 2. The Balaban J connectivity index is 1.62. The number of fused-ring (bicyclic) bond motifs is 1. The molecule has 3 rings (SSSR count). The maximum Gasteiger partial charge on any atom is 0.224 e. The first-order chi connectivity index (χ1) is 13.0. The Kier molecular flexibility index (Phi) is 5.69. The van der Waals surface area contributed by atoms with Gasteiger partial charge in [-0.15, -0.1) is 0 Å². The van der Waals surface area contributed by atoms with Crippen molar-refractivity contribution in [3.05, 3.63) is 59.3 Å². The number of hydrogen-bond acceptors (Lipinski definition) is 3. The zero-order chi connectivity index (χ0) is 19.4. The van der Waals surface area contributed by atoms with Gasteiger partial charge in [-0.3, -0.25) is 4.79 Å². The van der Waals surface area contributed by atoms with Gasteiger partial charge in [0.05, 0.1) is 20.6 Å². The van der Waals surface area contributed by atoms with Gasteiger partial charge < -0.3 is 19.4 Å². The molecule has 0 saturated carbocycles. The molecule has 0 aliphatic rings. The minimum Gasteiger partial charge on any atom is -0.493 e. The summed E-state index contributed by atoms with van der Waals surface area (Å²) in [5.74, 6) is 1.29. The number of hydrogen-bond donors (Lipinski definition) is 1. The van der Waals surface area contributed by atoms with Gasteiger partial charge in [-0.25, -0.2) is 0 Å². The summed E-state index contributed by atoms with van der Waals surface area (Å²) in [6.07, 6.45) is 1.12. The summed E-state index contributed by atoms with van der Waals surface area (Å²) in [5, 5.41) is 4.28. The van der Waals surface area contributed by atoms with Crippen LogP contribution in [-0.2, 0) is 24.7 Å². The van der Waals surface area contributed by atoms with E-state index < -0.39 is 0 Å². The summed E-state index contributed by atoms with van der Waals surface area (Å²) in [5.41, 5.74) is 4.65. The highest BCUT2D eigenvalue weighted by Gasteiger charge is 2.12. The molecule has 5 nitrogen and oxygen atoms in total. The molecule has 0 unspecified atom stereocenters. The number of amides is 1. The first-order valence-electron chi connectivity index (χ1n) is 9.05. The highest BCUT2D eigenvalue weighted by Crippen LogP contribution is 2.28. The van der Waals surface area contributed by atoms with Crippen LogP contribution in [0.4, 0.5) is 0 Å². The Morgan fingerprint density at radius 2 is 1.81 bits per heavy atom. The van der Waals surface area contributed by atoms with Crippen LogP contribution in [0.15, 0.2) is 42.5 Å². The van der Waals surface area contributed by atoms with Gasteiger partial charge >= 0.3 is 0 Å². The lowest BCUT2D eigenvalue weighted by Crippen LogP contribution is -2.27. The fourth-order valence-electron chi connectivity index (χ4n) is 3.48. The van der Waals surface area contributed by atoms with E-state index in [0.29, 0.717) is 24.5 Å². The Hall–Kier alpha value is -2.95. The van der Waals surface area contributed by atoms with Crippen molar-refractivity contribution in [3.63, 3.8) is 0 Å². The number of rotatable bonds is 7. The summed E-state index contributed by atoms with van der Waals surface area (Å²) >= 11 is 0. The summed E-state index contributed by atoms with van der Waals surface area (Å²) in [6, 6.07) is 13.9. The Labute approximate surface area is 159 Å². The lowest BCUT2D eigenvalue weighted by Gasteiger charge is -2.10. The molecule has 1 heterocycles. The van der Waals surface area contributed by atoms with Gasteiger partial charge in [0.2, 0.25) is 5.91 Å². The second kappa shape index (κ2) is 8.16. The number of nitrogens with zero attached hydrogens (tertiary/aromatic N) is 1. The third-order valence-electron chi connectivity index (χ3n) is 5.04. The fourth-order valence-corrected chi connectivity index (χ4v) is 3.48. The van der Waals surface area contributed by atoms with Crippen LogP contribution in [0.25, 0.3) is 10.9 Å². The van der Waals surface area contributed by atoms with Crippen molar-refractivity contribution in [1.82, 2.24) is 9.88 Å². The van der Waals surface area contributed by atoms with E-state index in [1.165, 1.54) is 22.2 Å². The number of carbonyl (C=O) groups is 1. The molecule has 142 valence electrons. The molecule has 0 fully saturated rings. The fraction of sp³-hybridized carbons (Fsp3) is 0.318. The van der Waals surface area contributed by atoms with Gasteiger partial charge in [0.1, 0.15) is 0 Å². The zero-order valence-electron chi connectivity index (χ0n) is 16.3. The van der Waals surface area contributed by atoms with Crippen molar-refractivity contribution in [1.29, 1.82) is 0 Å². The van der Waals surface area contributed by atoms with Gasteiger partial charge in [-0.1, -0.05) is 24.3 Å². The molecule has 27 heavy (non-hydrogen) atoms. The van der Waals surface area contributed by atoms with E-state index in [1.807, 2.05) is 18.2 Å². The molecule has 0 bridgehead atoms. The largest absolute Gasteiger partial charge is 0.493 e. The second-order valence-electron chi connectivity index (χ2n) is 6.61. The van der Waals surface area contributed by atoms with Gasteiger partial charge in [0.15, 0.2) is 11.5 Å². The molecule has 0 radical (unpaired) electrons. The van der Waals surface area contributed by atoms with Gasteiger partial charge in [-0.05, 0) is 42.7 Å². The zero-order valence-corrected chi connectivity index (χ0v) is 16.3. The molecular weight excluding hydrogens is 340 g/mol. The number of ether oxygens (including phenoxy) is 2. The average molecular weight is 366 g/mol. The summed E-state index contributed by atoms with van der Waals surface area (Å²) < 4.78 is 12.7. The van der Waals surface area contributed by atoms with Gasteiger partial charge in [0, 0.05) is 30.2 Å². The molecule has 0 aliphatic carbocycles. The van der Waals surface area contributed by atoms with E-state index in [9.17, 15) is 4.79 Å². The normalized spacial score (nSPS) is 10.8. The van der Waals surface area contributed by atoms with Crippen molar-refractivity contribution < 1.29 is 14.3 Å². The number of benzene rings is 2. The number of para-hydroxylation sites is 1. The minimum atomic E-state index is 0.000102. The van der Waals surface area contributed by atoms with Gasteiger partial charge in [0.25, 0.3) is 0 Å². The average Bonchev–Trinajstić information content (AvgIpc) is 2.93. The van der Waals surface area contributed by atoms with E-state index >= 15 is 0 Å². The van der Waals surface area contributed by atoms with Crippen LogP contribution in [0.5, 0.6) is 11.5 Å². The maximum absolute atomic E-state index is 12.3. The van der Waals surface area contributed by atoms with Crippen LogP contribution in [-0.4, -0.2) is 31.2 Å². The first-order valence-corrected chi connectivity index (χ1v) is 9.05. The smallest absolute Gasteiger partial charge is 0.224 e. The van der Waals surface area contributed by atoms with Gasteiger partial charge in [-0.2, -0.15) is 0 Å². The molecule has 0 aliphatic heterocycles. The van der Waals surface area contributed by atoms with E-state index in [4.69, 9.17) is 9.47 Å². The molecule has 1 N–H and O–H groups in total. The number of aryl methyl sites for hydroxylation is 1. The van der Waals surface area contributed by atoms with Crippen LogP contribution >= 0.6 is 0 Å². The molecule has 0 atom stereocenters. The topological polar surface area (TPSA) is 52.5 Å². The predicted octanol–water partition coefficient (Wildman–Crippen LogP) is 3.41. The van der Waals surface area contributed by atoms with Crippen molar-refractivity contribution in [3.8, 4) is 11.5 Å². The summed E-state index contributed by atoms with van der Waals surface area (Å²) in [4.78, 5) is 12.3. The second-order valence-corrected chi connectivity index (χ2v) is 6.61. The molecular formula is C22H26N2O3. The minimum absolute atomic E-state index is 0.000102. The molecule has 2 aromatic carbocycles. The van der Waals surface area contributed by atoms with Crippen LogP contribution in [0.1, 0.15) is 16.8 Å².